The number of para-hydroxylation sites is 2. The second kappa shape index (κ2) is 6.27. The molecule has 7 rings (SSSR count). The fourth-order valence-electron chi connectivity index (χ4n) is 5.23. The molecule has 2 aliphatic rings. The molecule has 0 atom stereocenters. The first-order valence-electron chi connectivity index (χ1n) is 10.9. The fraction of sp³-hybridized carbons (Fsp3) is 0.0741. The summed E-state index contributed by atoms with van der Waals surface area (Å²) >= 11 is 0. The molecule has 5 aromatic rings. The third-order valence-electron chi connectivity index (χ3n) is 6.78. The quantitative estimate of drug-likeness (QED) is 0.328. The Morgan fingerprint density at radius 2 is 1.44 bits per heavy atom. The van der Waals surface area contributed by atoms with E-state index in [4.69, 9.17) is 9.47 Å². The highest BCUT2D eigenvalue weighted by Gasteiger charge is 2.42. The molecule has 0 saturated heterocycles. The lowest BCUT2D eigenvalue weighted by atomic mass is 9.35. The number of ether oxygens (including phenoxy) is 2. The highest BCUT2D eigenvalue weighted by molar-refractivity contribution is 6.98. The molecule has 0 radical (unpaired) electrons. The molecule has 152 valence electrons. The first-order valence-corrected chi connectivity index (χ1v) is 10.9. The number of hydrogen-bond acceptors (Lipinski definition) is 2. The van der Waals surface area contributed by atoms with Crippen molar-refractivity contribution in [1.29, 1.82) is 0 Å². The molecule has 32 heavy (non-hydrogen) atoms. The number of aromatic nitrogens is 2. The van der Waals surface area contributed by atoms with Crippen LogP contribution in [0.2, 0.25) is 0 Å². The van der Waals surface area contributed by atoms with E-state index >= 15 is 0 Å². The third kappa shape index (κ3) is 2.25. The van der Waals surface area contributed by atoms with Gasteiger partial charge >= 0.3 is 0 Å². The Morgan fingerprint density at radius 1 is 0.781 bits per heavy atom. The number of benzene rings is 4. The van der Waals surface area contributed by atoms with Crippen molar-refractivity contribution < 1.29 is 14.0 Å². The summed E-state index contributed by atoms with van der Waals surface area (Å²) < 4.78 is 15.2. The van der Waals surface area contributed by atoms with Gasteiger partial charge in [-0.05, 0) is 41.6 Å². The van der Waals surface area contributed by atoms with Crippen molar-refractivity contribution >= 4 is 34.1 Å². The summed E-state index contributed by atoms with van der Waals surface area (Å²) in [7, 11) is 2.09. The van der Waals surface area contributed by atoms with Gasteiger partial charge in [0, 0.05) is 11.5 Å². The number of aryl methyl sites for hydroxylation is 2. The lowest BCUT2D eigenvalue weighted by molar-refractivity contribution is -0.633. The Morgan fingerprint density at radius 3 is 2.19 bits per heavy atom. The molecule has 1 aromatic heterocycles. The summed E-state index contributed by atoms with van der Waals surface area (Å²) in [6.07, 6.45) is 0. The van der Waals surface area contributed by atoms with E-state index < -0.39 is 0 Å². The van der Waals surface area contributed by atoms with Gasteiger partial charge < -0.3 is 9.47 Å². The maximum absolute atomic E-state index is 6.56. The van der Waals surface area contributed by atoms with Crippen molar-refractivity contribution in [2.75, 3.05) is 0 Å². The molecule has 0 saturated carbocycles. The van der Waals surface area contributed by atoms with E-state index in [0.29, 0.717) is 0 Å². The van der Waals surface area contributed by atoms with Crippen LogP contribution in [0.4, 0.5) is 0 Å². The molecule has 0 amide bonds. The van der Waals surface area contributed by atoms with Gasteiger partial charge in [-0.25, -0.2) is 9.55 Å². The van der Waals surface area contributed by atoms with E-state index in [9.17, 15) is 0 Å². The summed E-state index contributed by atoms with van der Waals surface area (Å²) in [5, 5.41) is 0. The molecule has 3 heterocycles. The number of rotatable bonds is 1. The first kappa shape index (κ1) is 17.7. The smallest absolute Gasteiger partial charge is 0.287 e. The Bertz CT molecular complexity index is 1560. The molecule has 5 heteroatoms. The fourth-order valence-corrected chi connectivity index (χ4v) is 5.23. The molecule has 0 fully saturated rings. The molecule has 0 spiro atoms. The van der Waals surface area contributed by atoms with E-state index in [1.807, 2.05) is 12.1 Å². The van der Waals surface area contributed by atoms with Crippen molar-refractivity contribution in [2.45, 2.75) is 6.92 Å². The Hall–Kier alpha value is -3.99. The van der Waals surface area contributed by atoms with Gasteiger partial charge in [-0.1, -0.05) is 54.6 Å². The Kier molecular flexibility index (Phi) is 3.46. The summed E-state index contributed by atoms with van der Waals surface area (Å²) in [6.45, 7) is 2.22. The van der Waals surface area contributed by atoms with Gasteiger partial charge in [-0.2, -0.15) is 0 Å². The van der Waals surface area contributed by atoms with E-state index in [1.54, 1.807) is 0 Å². The third-order valence-corrected chi connectivity index (χ3v) is 6.78. The number of hydrogen-bond donors (Lipinski definition) is 1. The van der Waals surface area contributed by atoms with Crippen molar-refractivity contribution in [3.63, 3.8) is 0 Å². The van der Waals surface area contributed by atoms with Crippen molar-refractivity contribution in [3.05, 3.63) is 84.4 Å². The van der Waals surface area contributed by atoms with Crippen molar-refractivity contribution in [2.24, 2.45) is 7.05 Å². The maximum Gasteiger partial charge on any atom is 0.287 e. The number of aromatic amines is 1. The minimum atomic E-state index is 0.0785. The zero-order chi connectivity index (χ0) is 21.4. The Balaban J connectivity index is 1.57. The summed E-state index contributed by atoms with van der Waals surface area (Å²) in [6, 6.07) is 27.2. The number of nitrogens with one attached hydrogen (secondary N) is 1. The topological polar surface area (TPSA) is 38.1 Å². The minimum Gasteiger partial charge on any atom is -0.458 e. The zero-order valence-corrected chi connectivity index (χ0v) is 17.8. The molecule has 0 unspecified atom stereocenters. The predicted octanol–water partition coefficient (Wildman–Crippen LogP) is 3.70. The molecule has 2 aliphatic heterocycles. The molecule has 4 aromatic carbocycles. The maximum atomic E-state index is 6.56. The highest BCUT2D eigenvalue weighted by Crippen LogP contribution is 2.39. The molecule has 1 N–H and O–H groups in total. The number of H-pyrrole nitrogens is 1. The van der Waals surface area contributed by atoms with Crippen LogP contribution in [-0.2, 0) is 7.05 Å². The number of fused-ring (bicyclic) bond motifs is 6. The van der Waals surface area contributed by atoms with Crippen LogP contribution in [0.15, 0.2) is 78.9 Å². The van der Waals surface area contributed by atoms with Gasteiger partial charge in [-0.15, -0.1) is 0 Å². The van der Waals surface area contributed by atoms with Gasteiger partial charge in [0.2, 0.25) is 5.52 Å². The van der Waals surface area contributed by atoms with E-state index in [1.165, 1.54) is 22.1 Å². The minimum absolute atomic E-state index is 0.0785. The monoisotopic (exact) mass is 415 g/mol. The van der Waals surface area contributed by atoms with Crippen LogP contribution in [0.25, 0.3) is 22.4 Å². The average Bonchev–Trinajstić information content (AvgIpc) is 3.15. The van der Waals surface area contributed by atoms with Crippen LogP contribution in [0, 0.1) is 6.92 Å². The van der Waals surface area contributed by atoms with Gasteiger partial charge in [0.1, 0.15) is 17.2 Å². The zero-order valence-electron chi connectivity index (χ0n) is 17.8. The normalized spacial score (nSPS) is 13.1. The summed E-state index contributed by atoms with van der Waals surface area (Å²) in [4.78, 5) is 3.68. The van der Waals surface area contributed by atoms with E-state index in [-0.39, 0.29) is 6.71 Å². The molecule has 0 bridgehead atoms. The van der Waals surface area contributed by atoms with Gasteiger partial charge in [0.05, 0.1) is 12.6 Å². The van der Waals surface area contributed by atoms with Crippen molar-refractivity contribution in [1.82, 2.24) is 4.98 Å². The molecular weight excluding hydrogens is 395 g/mol. The first-order chi connectivity index (χ1) is 15.7. The van der Waals surface area contributed by atoms with Crippen LogP contribution in [0.5, 0.6) is 23.0 Å². The van der Waals surface area contributed by atoms with Crippen LogP contribution in [0.1, 0.15) is 5.56 Å². The lowest BCUT2D eigenvalue weighted by Gasteiger charge is -2.32. The van der Waals surface area contributed by atoms with E-state index in [2.05, 4.69) is 90.3 Å². The highest BCUT2D eigenvalue weighted by atomic mass is 16.5. The Labute approximate surface area is 186 Å². The largest absolute Gasteiger partial charge is 0.458 e. The number of imidazole rings is 1. The van der Waals surface area contributed by atoms with Gasteiger partial charge in [-0.3, -0.25) is 0 Å². The van der Waals surface area contributed by atoms with Crippen LogP contribution < -0.4 is 30.4 Å². The molecular formula is C27H20BN2O2+. The van der Waals surface area contributed by atoms with Crippen LogP contribution in [-0.4, -0.2) is 11.7 Å². The van der Waals surface area contributed by atoms with E-state index in [0.717, 1.165) is 45.3 Å². The summed E-state index contributed by atoms with van der Waals surface area (Å²) in [5.74, 6) is 4.56. The van der Waals surface area contributed by atoms with Gasteiger partial charge in [0.25, 0.3) is 12.5 Å². The van der Waals surface area contributed by atoms with Gasteiger partial charge in [0.15, 0.2) is 11.3 Å². The standard InChI is InChI=1S/C27H19BN2O2/c1-16-9-3-4-10-17(16)27-29-25-20(30(27)2)15-23-24-26(25)32-22-14-8-6-12-19(22)28(24)18-11-5-7-13-21(18)31-23/h3-15H,1-2H3/p+1. The lowest BCUT2D eigenvalue weighted by Crippen LogP contribution is -2.57. The van der Waals surface area contributed by atoms with Crippen LogP contribution in [0.3, 0.4) is 0 Å². The number of nitrogens with zero attached hydrogens (tertiary/aromatic N) is 1. The second-order valence-electron chi connectivity index (χ2n) is 8.57. The summed E-state index contributed by atoms with van der Waals surface area (Å²) in [5.41, 5.74) is 7.88. The average molecular weight is 415 g/mol. The molecule has 4 nitrogen and oxygen atoms in total. The molecule has 0 aliphatic carbocycles. The predicted molar refractivity (Wildman–Crippen MR) is 127 cm³/mol. The van der Waals surface area contributed by atoms with Crippen molar-refractivity contribution in [3.8, 4) is 34.4 Å². The SMILES string of the molecule is Cc1ccccc1-c1[nH]c2c3c4c(cc2[n+]1C)Oc1ccccc1B4c1ccccc1O3. The van der Waals surface area contributed by atoms with Crippen LogP contribution >= 0.6 is 0 Å². The second-order valence-corrected chi connectivity index (χ2v) is 8.57.